The molecule has 0 aliphatic carbocycles. The second-order valence-electron chi connectivity index (χ2n) is 5.71. The summed E-state index contributed by atoms with van der Waals surface area (Å²) < 4.78 is 40.4. The maximum absolute atomic E-state index is 13.5. The Labute approximate surface area is 136 Å². The molecule has 24 heavy (non-hydrogen) atoms. The zero-order valence-electron chi connectivity index (χ0n) is 12.9. The smallest absolute Gasteiger partial charge is 0.371 e. The Balaban J connectivity index is 1.92. The van der Waals surface area contributed by atoms with Crippen LogP contribution in [0.5, 0.6) is 0 Å². The molecule has 1 aliphatic rings. The summed E-state index contributed by atoms with van der Waals surface area (Å²) in [6.07, 6.45) is -1.59. The molecular formula is C16H17F3N4O. The molecule has 0 saturated carbocycles. The molecule has 8 heteroatoms. The molecule has 3 rings (SSSR count). The molecule has 1 saturated heterocycles. The summed E-state index contributed by atoms with van der Waals surface area (Å²) in [4.78, 5) is 12.8. The van der Waals surface area contributed by atoms with E-state index in [1.165, 1.54) is 18.2 Å². The van der Waals surface area contributed by atoms with Crippen LogP contribution in [0.25, 0.3) is 0 Å². The first-order valence-electron chi connectivity index (χ1n) is 7.72. The summed E-state index contributed by atoms with van der Waals surface area (Å²) in [6.45, 7) is 1.27. The Bertz CT molecular complexity index is 746. The number of hydrogen-bond donors (Lipinski definition) is 2. The summed E-state index contributed by atoms with van der Waals surface area (Å²) >= 11 is 0. The minimum Gasteiger partial charge on any atom is -0.371 e. The molecule has 128 valence electrons. The zero-order valence-corrected chi connectivity index (χ0v) is 12.9. The number of nitrogens with one attached hydrogen (secondary N) is 2. The molecule has 5 nitrogen and oxygen atoms in total. The molecule has 1 aromatic heterocycles. The van der Waals surface area contributed by atoms with E-state index < -0.39 is 11.7 Å². The summed E-state index contributed by atoms with van der Waals surface area (Å²) in [5, 5.41) is 8.74. The fraction of sp³-hybridized carbons (Fsp3) is 0.375. The minimum absolute atomic E-state index is 0.210. The van der Waals surface area contributed by atoms with Crippen LogP contribution in [-0.4, -0.2) is 23.3 Å². The number of aromatic amines is 1. The van der Waals surface area contributed by atoms with Crippen molar-refractivity contribution in [2.75, 3.05) is 23.3 Å². The molecule has 0 bridgehead atoms. The SMILES string of the molecule is O=c1ccc(Nc2ccc(N3CCCCC3)c(C(F)(F)F)c2)n[nH]1. The first kappa shape index (κ1) is 16.4. The normalized spacial score (nSPS) is 15.4. The Morgan fingerprint density at radius 2 is 1.83 bits per heavy atom. The average Bonchev–Trinajstić information content (AvgIpc) is 2.57. The highest BCUT2D eigenvalue weighted by Gasteiger charge is 2.35. The van der Waals surface area contributed by atoms with Crippen molar-refractivity contribution in [3.63, 3.8) is 0 Å². The van der Waals surface area contributed by atoms with Crippen LogP contribution in [0.15, 0.2) is 35.1 Å². The van der Waals surface area contributed by atoms with E-state index in [2.05, 4.69) is 15.5 Å². The van der Waals surface area contributed by atoms with Crippen molar-refractivity contribution < 1.29 is 13.2 Å². The number of piperidine rings is 1. The molecular weight excluding hydrogens is 321 g/mol. The number of H-pyrrole nitrogens is 1. The lowest BCUT2D eigenvalue weighted by Gasteiger charge is -2.31. The van der Waals surface area contributed by atoms with Gasteiger partial charge in [-0.05, 0) is 43.5 Å². The summed E-state index contributed by atoms with van der Waals surface area (Å²) in [5.41, 5.74) is -0.569. The molecule has 0 spiro atoms. The Morgan fingerprint density at radius 3 is 2.46 bits per heavy atom. The van der Waals surface area contributed by atoms with Crippen molar-refractivity contribution in [3.8, 4) is 0 Å². The highest BCUT2D eigenvalue weighted by Crippen LogP contribution is 2.39. The number of hydrogen-bond acceptors (Lipinski definition) is 4. The third-order valence-corrected chi connectivity index (χ3v) is 3.95. The highest BCUT2D eigenvalue weighted by atomic mass is 19.4. The molecule has 1 fully saturated rings. The molecule has 0 unspecified atom stereocenters. The maximum atomic E-state index is 13.5. The van der Waals surface area contributed by atoms with E-state index in [0.29, 0.717) is 13.1 Å². The van der Waals surface area contributed by atoms with E-state index >= 15 is 0 Å². The van der Waals surface area contributed by atoms with Crippen LogP contribution in [0.1, 0.15) is 24.8 Å². The van der Waals surface area contributed by atoms with Crippen LogP contribution in [-0.2, 0) is 6.18 Å². The highest BCUT2D eigenvalue weighted by molar-refractivity contribution is 5.65. The quantitative estimate of drug-likeness (QED) is 0.899. The van der Waals surface area contributed by atoms with Crippen molar-refractivity contribution in [2.45, 2.75) is 25.4 Å². The molecule has 0 radical (unpaired) electrons. The topological polar surface area (TPSA) is 61.0 Å². The number of alkyl halides is 3. The lowest BCUT2D eigenvalue weighted by atomic mass is 10.1. The molecule has 2 aromatic rings. The Hall–Kier alpha value is -2.51. The van der Waals surface area contributed by atoms with Gasteiger partial charge in [0.2, 0.25) is 0 Å². The van der Waals surface area contributed by atoms with Crippen molar-refractivity contribution in [3.05, 3.63) is 46.2 Å². The van der Waals surface area contributed by atoms with E-state index in [4.69, 9.17) is 0 Å². The predicted octanol–water partition coefficient (Wildman–Crippen LogP) is 3.52. The van der Waals surface area contributed by atoms with Crippen LogP contribution < -0.4 is 15.8 Å². The number of halogens is 3. The zero-order chi connectivity index (χ0) is 17.2. The van der Waals surface area contributed by atoms with E-state index in [-0.39, 0.29) is 22.8 Å². The monoisotopic (exact) mass is 338 g/mol. The van der Waals surface area contributed by atoms with Crippen LogP contribution in [0.2, 0.25) is 0 Å². The third-order valence-electron chi connectivity index (χ3n) is 3.95. The summed E-state index contributed by atoms with van der Waals surface area (Å²) in [5.74, 6) is 0.272. The third kappa shape index (κ3) is 3.69. The van der Waals surface area contributed by atoms with Crippen LogP contribution in [0.4, 0.5) is 30.4 Å². The van der Waals surface area contributed by atoms with Gasteiger partial charge in [0.05, 0.1) is 5.56 Å². The van der Waals surface area contributed by atoms with Crippen molar-refractivity contribution in [2.24, 2.45) is 0 Å². The first-order chi connectivity index (χ1) is 11.4. The van der Waals surface area contributed by atoms with Crippen LogP contribution in [0.3, 0.4) is 0 Å². The second-order valence-corrected chi connectivity index (χ2v) is 5.71. The fourth-order valence-corrected chi connectivity index (χ4v) is 2.81. The van der Waals surface area contributed by atoms with Gasteiger partial charge in [-0.15, -0.1) is 0 Å². The Morgan fingerprint density at radius 1 is 1.08 bits per heavy atom. The van der Waals surface area contributed by atoms with Crippen molar-refractivity contribution in [1.29, 1.82) is 0 Å². The van der Waals surface area contributed by atoms with Crippen LogP contribution >= 0.6 is 0 Å². The number of rotatable bonds is 3. The average molecular weight is 338 g/mol. The van der Waals surface area contributed by atoms with Crippen molar-refractivity contribution >= 4 is 17.2 Å². The van der Waals surface area contributed by atoms with Gasteiger partial charge in [-0.1, -0.05) is 0 Å². The summed E-state index contributed by atoms with van der Waals surface area (Å²) in [6, 6.07) is 6.82. The summed E-state index contributed by atoms with van der Waals surface area (Å²) in [7, 11) is 0. The van der Waals surface area contributed by atoms with E-state index in [0.717, 1.165) is 25.3 Å². The molecule has 0 atom stereocenters. The lowest BCUT2D eigenvalue weighted by molar-refractivity contribution is -0.137. The standard InChI is InChI=1S/C16H17F3N4O/c17-16(18,19)12-10-11(20-14-6-7-15(24)22-21-14)4-5-13(12)23-8-2-1-3-9-23/h4-7,10H,1-3,8-9H2,(H,20,21)(H,22,24). The number of benzene rings is 1. The van der Waals surface area contributed by atoms with Gasteiger partial charge in [0.25, 0.3) is 5.56 Å². The largest absolute Gasteiger partial charge is 0.418 e. The van der Waals surface area contributed by atoms with Gasteiger partial charge >= 0.3 is 6.18 Å². The fourth-order valence-electron chi connectivity index (χ4n) is 2.81. The first-order valence-corrected chi connectivity index (χ1v) is 7.72. The van der Waals surface area contributed by atoms with Gasteiger partial charge in [0.1, 0.15) is 0 Å². The second kappa shape index (κ2) is 6.54. The predicted molar refractivity (Wildman–Crippen MR) is 85.6 cm³/mol. The van der Waals surface area contributed by atoms with Gasteiger partial charge in [-0.2, -0.15) is 18.3 Å². The maximum Gasteiger partial charge on any atom is 0.418 e. The lowest BCUT2D eigenvalue weighted by Crippen LogP contribution is -2.31. The van der Waals surface area contributed by atoms with Gasteiger partial charge in [-0.3, -0.25) is 4.79 Å². The number of anilines is 3. The van der Waals surface area contributed by atoms with Gasteiger partial charge in [0, 0.05) is 30.5 Å². The number of aromatic nitrogens is 2. The Kier molecular flexibility index (Phi) is 4.46. The van der Waals surface area contributed by atoms with Crippen LogP contribution in [0, 0.1) is 0 Å². The molecule has 1 aromatic carbocycles. The van der Waals surface area contributed by atoms with Crippen molar-refractivity contribution in [1.82, 2.24) is 10.2 Å². The van der Waals surface area contributed by atoms with Gasteiger partial charge < -0.3 is 10.2 Å². The van der Waals surface area contributed by atoms with Gasteiger partial charge in [0.15, 0.2) is 5.82 Å². The molecule has 2 N–H and O–H groups in total. The molecule has 0 amide bonds. The van der Waals surface area contributed by atoms with Gasteiger partial charge in [-0.25, -0.2) is 5.10 Å². The minimum atomic E-state index is -4.44. The molecule has 2 heterocycles. The number of nitrogens with zero attached hydrogens (tertiary/aromatic N) is 2. The molecule has 1 aliphatic heterocycles. The van der Waals surface area contributed by atoms with E-state index in [1.807, 2.05) is 0 Å². The van der Waals surface area contributed by atoms with E-state index in [1.54, 1.807) is 11.0 Å². The van der Waals surface area contributed by atoms with E-state index in [9.17, 15) is 18.0 Å².